The van der Waals surface area contributed by atoms with Gasteiger partial charge in [0.1, 0.15) is 5.82 Å². The highest BCUT2D eigenvalue weighted by Gasteiger charge is 2.22. The lowest BCUT2D eigenvalue weighted by atomic mass is 10.1. The summed E-state index contributed by atoms with van der Waals surface area (Å²) in [6.45, 7) is 3.70. The summed E-state index contributed by atoms with van der Waals surface area (Å²) in [4.78, 5) is 15.8. The molecule has 0 bridgehead atoms. The van der Waals surface area contributed by atoms with Crippen LogP contribution in [0, 0.1) is 0 Å². The first-order valence-corrected chi connectivity index (χ1v) is 7.75. The first-order valence-electron chi connectivity index (χ1n) is 7.37. The Morgan fingerprint density at radius 3 is 2.95 bits per heavy atom. The zero-order valence-electron chi connectivity index (χ0n) is 12.3. The van der Waals surface area contributed by atoms with Gasteiger partial charge in [-0.1, -0.05) is 18.5 Å². The number of aryl methyl sites for hydroxylation is 1. The van der Waals surface area contributed by atoms with E-state index in [-0.39, 0.29) is 0 Å². The van der Waals surface area contributed by atoms with E-state index in [4.69, 9.17) is 11.6 Å². The SMILES string of the molecule is CCc1ncc2c(n1)CN(c1ccnc3ccc(Cl)cc13)C2. The number of hydrogen-bond acceptors (Lipinski definition) is 4. The molecule has 0 unspecified atom stereocenters. The van der Waals surface area contributed by atoms with Crippen LogP contribution in [0.4, 0.5) is 5.69 Å². The van der Waals surface area contributed by atoms with E-state index in [1.165, 1.54) is 5.56 Å². The van der Waals surface area contributed by atoms with Gasteiger partial charge in [0.25, 0.3) is 0 Å². The normalized spacial score (nSPS) is 13.6. The van der Waals surface area contributed by atoms with Crippen molar-refractivity contribution in [1.82, 2.24) is 15.0 Å². The molecule has 1 aliphatic heterocycles. The smallest absolute Gasteiger partial charge is 0.128 e. The van der Waals surface area contributed by atoms with Crippen LogP contribution in [0.3, 0.4) is 0 Å². The fraction of sp³-hybridized carbons (Fsp3) is 0.235. The highest BCUT2D eigenvalue weighted by Crippen LogP contribution is 2.33. The molecule has 2 aromatic heterocycles. The van der Waals surface area contributed by atoms with Crippen molar-refractivity contribution in [3.05, 3.63) is 58.8 Å². The summed E-state index contributed by atoms with van der Waals surface area (Å²) in [5.74, 6) is 0.906. The van der Waals surface area contributed by atoms with Crippen molar-refractivity contribution >= 4 is 28.2 Å². The first-order chi connectivity index (χ1) is 10.7. The number of hydrogen-bond donors (Lipinski definition) is 0. The second-order valence-electron chi connectivity index (χ2n) is 5.46. The largest absolute Gasteiger partial charge is 0.361 e. The van der Waals surface area contributed by atoms with Crippen LogP contribution >= 0.6 is 11.6 Å². The molecular weight excluding hydrogens is 296 g/mol. The van der Waals surface area contributed by atoms with Gasteiger partial charge in [0.2, 0.25) is 0 Å². The number of aromatic nitrogens is 3. The third-order valence-electron chi connectivity index (χ3n) is 4.04. The van der Waals surface area contributed by atoms with Crippen LogP contribution in [0.5, 0.6) is 0 Å². The predicted octanol–water partition coefficient (Wildman–Crippen LogP) is 3.76. The Morgan fingerprint density at radius 1 is 1.18 bits per heavy atom. The van der Waals surface area contributed by atoms with Gasteiger partial charge >= 0.3 is 0 Å². The van der Waals surface area contributed by atoms with E-state index in [0.29, 0.717) is 0 Å². The van der Waals surface area contributed by atoms with E-state index in [9.17, 15) is 0 Å². The Bertz CT molecular complexity index is 862. The Balaban J connectivity index is 1.77. The number of anilines is 1. The lowest BCUT2D eigenvalue weighted by molar-refractivity contribution is 0.862. The molecule has 0 aliphatic carbocycles. The molecule has 0 radical (unpaired) electrons. The van der Waals surface area contributed by atoms with Crippen molar-refractivity contribution in [2.75, 3.05) is 4.90 Å². The molecule has 22 heavy (non-hydrogen) atoms. The molecule has 0 N–H and O–H groups in total. The molecule has 3 aromatic rings. The standard InChI is InChI=1S/C17H15ClN4/c1-2-17-20-8-11-9-22(10-15(11)21-17)16-5-6-19-14-4-3-12(18)7-13(14)16/h3-8H,2,9-10H2,1H3. The fourth-order valence-electron chi connectivity index (χ4n) is 2.92. The van der Waals surface area contributed by atoms with Gasteiger partial charge in [0.15, 0.2) is 0 Å². The van der Waals surface area contributed by atoms with Gasteiger partial charge in [-0.3, -0.25) is 4.98 Å². The van der Waals surface area contributed by atoms with Crippen LogP contribution < -0.4 is 4.90 Å². The molecule has 3 heterocycles. The van der Waals surface area contributed by atoms with Gasteiger partial charge in [-0.15, -0.1) is 0 Å². The van der Waals surface area contributed by atoms with Crippen LogP contribution in [-0.2, 0) is 19.5 Å². The number of rotatable bonds is 2. The lowest BCUT2D eigenvalue weighted by Gasteiger charge is -2.19. The number of halogens is 1. The molecule has 4 rings (SSSR count). The second-order valence-corrected chi connectivity index (χ2v) is 5.90. The highest BCUT2D eigenvalue weighted by atomic mass is 35.5. The van der Waals surface area contributed by atoms with Crippen molar-refractivity contribution in [3.63, 3.8) is 0 Å². The maximum Gasteiger partial charge on any atom is 0.128 e. The van der Waals surface area contributed by atoms with Crippen LogP contribution in [0.2, 0.25) is 5.02 Å². The monoisotopic (exact) mass is 310 g/mol. The molecule has 0 spiro atoms. The van der Waals surface area contributed by atoms with Crippen molar-refractivity contribution in [2.45, 2.75) is 26.4 Å². The van der Waals surface area contributed by atoms with Crippen LogP contribution in [-0.4, -0.2) is 15.0 Å². The highest BCUT2D eigenvalue weighted by molar-refractivity contribution is 6.31. The van der Waals surface area contributed by atoms with Crippen molar-refractivity contribution in [2.24, 2.45) is 0 Å². The van der Waals surface area contributed by atoms with E-state index < -0.39 is 0 Å². The Morgan fingerprint density at radius 2 is 2.09 bits per heavy atom. The summed E-state index contributed by atoms with van der Waals surface area (Å²) in [6, 6.07) is 7.85. The Hall–Kier alpha value is -2.20. The van der Waals surface area contributed by atoms with Gasteiger partial charge in [-0.05, 0) is 24.3 Å². The lowest BCUT2D eigenvalue weighted by Crippen LogP contribution is -2.15. The quantitative estimate of drug-likeness (QED) is 0.722. The fourth-order valence-corrected chi connectivity index (χ4v) is 3.09. The topological polar surface area (TPSA) is 41.9 Å². The first kappa shape index (κ1) is 13.5. The van der Waals surface area contributed by atoms with Gasteiger partial charge in [0.05, 0.1) is 17.8 Å². The van der Waals surface area contributed by atoms with Crippen LogP contribution in [0.1, 0.15) is 24.0 Å². The van der Waals surface area contributed by atoms with E-state index >= 15 is 0 Å². The maximum atomic E-state index is 6.16. The number of fused-ring (bicyclic) bond motifs is 2. The number of nitrogens with zero attached hydrogens (tertiary/aromatic N) is 4. The molecular formula is C17H15ClN4. The number of benzene rings is 1. The summed E-state index contributed by atoms with van der Waals surface area (Å²) in [7, 11) is 0. The van der Waals surface area contributed by atoms with Gasteiger partial charge in [0, 0.05) is 47.0 Å². The summed E-state index contributed by atoms with van der Waals surface area (Å²) >= 11 is 6.16. The minimum absolute atomic E-state index is 0.728. The van der Waals surface area contributed by atoms with Gasteiger partial charge in [-0.2, -0.15) is 0 Å². The molecule has 0 saturated heterocycles. The molecule has 4 nitrogen and oxygen atoms in total. The summed E-state index contributed by atoms with van der Waals surface area (Å²) in [5.41, 5.74) is 4.42. The zero-order chi connectivity index (χ0) is 15.1. The van der Waals surface area contributed by atoms with E-state index in [1.54, 1.807) is 0 Å². The van der Waals surface area contributed by atoms with Crippen LogP contribution in [0.25, 0.3) is 10.9 Å². The third-order valence-corrected chi connectivity index (χ3v) is 4.28. The summed E-state index contributed by atoms with van der Waals surface area (Å²) < 4.78 is 0. The second kappa shape index (κ2) is 5.21. The Kier molecular flexibility index (Phi) is 3.19. The molecule has 5 heteroatoms. The summed E-state index contributed by atoms with van der Waals surface area (Å²) in [5, 5.41) is 1.80. The molecule has 0 saturated carbocycles. The molecule has 0 amide bonds. The molecule has 0 fully saturated rings. The third kappa shape index (κ3) is 2.20. The minimum atomic E-state index is 0.728. The molecule has 1 aliphatic rings. The van der Waals surface area contributed by atoms with Gasteiger partial charge < -0.3 is 4.90 Å². The average Bonchev–Trinajstić information content (AvgIpc) is 2.96. The molecule has 110 valence electrons. The average molecular weight is 311 g/mol. The predicted molar refractivity (Wildman–Crippen MR) is 88.1 cm³/mol. The maximum absolute atomic E-state index is 6.16. The van der Waals surface area contributed by atoms with E-state index in [2.05, 4.69) is 26.8 Å². The van der Waals surface area contributed by atoms with Gasteiger partial charge in [-0.25, -0.2) is 9.97 Å². The van der Waals surface area contributed by atoms with E-state index in [1.807, 2.05) is 36.7 Å². The zero-order valence-corrected chi connectivity index (χ0v) is 13.0. The molecule has 0 atom stereocenters. The van der Waals surface area contributed by atoms with Crippen LogP contribution in [0.15, 0.2) is 36.7 Å². The Labute approximate surface area is 133 Å². The van der Waals surface area contributed by atoms with Crippen molar-refractivity contribution in [1.29, 1.82) is 0 Å². The summed E-state index contributed by atoms with van der Waals surface area (Å²) in [6.07, 6.45) is 4.66. The number of pyridine rings is 1. The van der Waals surface area contributed by atoms with Crippen molar-refractivity contribution < 1.29 is 0 Å². The molecule has 1 aromatic carbocycles. The van der Waals surface area contributed by atoms with E-state index in [0.717, 1.165) is 52.6 Å². The minimum Gasteiger partial charge on any atom is -0.361 e. The van der Waals surface area contributed by atoms with Crippen molar-refractivity contribution in [3.8, 4) is 0 Å².